The summed E-state index contributed by atoms with van der Waals surface area (Å²) >= 11 is 5.52. The predicted molar refractivity (Wildman–Crippen MR) is 136 cm³/mol. The Labute approximate surface area is 199 Å². The number of thiocarbonyl (C=S) groups is 1. The Balaban J connectivity index is 1.74. The molecule has 0 aliphatic heterocycles. The molecule has 2 aromatic carbocycles. The molecule has 172 valence electrons. The van der Waals surface area contributed by atoms with Gasteiger partial charge in [-0.05, 0) is 56.2 Å². The third-order valence-corrected chi connectivity index (χ3v) is 4.82. The fraction of sp³-hybridized carbons (Fsp3) is 0.250. The van der Waals surface area contributed by atoms with Crippen molar-refractivity contribution in [2.24, 2.45) is 4.99 Å². The van der Waals surface area contributed by atoms with Crippen LogP contribution in [-0.4, -0.2) is 41.8 Å². The number of anilines is 2. The van der Waals surface area contributed by atoms with Gasteiger partial charge in [0.1, 0.15) is 11.5 Å². The van der Waals surface area contributed by atoms with E-state index in [9.17, 15) is 0 Å². The van der Waals surface area contributed by atoms with Crippen LogP contribution in [0.2, 0.25) is 0 Å². The smallest absolute Gasteiger partial charge is 0.229 e. The molecule has 1 heterocycles. The van der Waals surface area contributed by atoms with E-state index in [0.29, 0.717) is 40.8 Å². The molecule has 0 aliphatic rings. The highest BCUT2D eigenvalue weighted by molar-refractivity contribution is 7.80. The zero-order valence-electron chi connectivity index (χ0n) is 19.2. The van der Waals surface area contributed by atoms with E-state index in [1.807, 2.05) is 50.2 Å². The molecule has 0 bridgehead atoms. The van der Waals surface area contributed by atoms with Crippen LogP contribution in [0.15, 0.2) is 59.6 Å². The SMILES string of the molecule is COc1ccc(NC(=S)NC(=NCCc2ccccc2)Nc2nc(C)cc(C)n2)c(OC)c1. The van der Waals surface area contributed by atoms with Crippen molar-refractivity contribution >= 4 is 34.9 Å². The number of guanidine groups is 1. The fourth-order valence-electron chi connectivity index (χ4n) is 3.10. The molecule has 3 aromatic rings. The summed E-state index contributed by atoms with van der Waals surface area (Å²) in [6, 6.07) is 17.5. The van der Waals surface area contributed by atoms with Crippen LogP contribution >= 0.6 is 12.2 Å². The molecule has 0 saturated carbocycles. The Morgan fingerprint density at radius 1 is 0.939 bits per heavy atom. The van der Waals surface area contributed by atoms with E-state index in [-0.39, 0.29) is 0 Å². The number of nitrogens with zero attached hydrogens (tertiary/aromatic N) is 3. The first kappa shape index (κ1) is 23.9. The zero-order valence-corrected chi connectivity index (χ0v) is 20.0. The summed E-state index contributed by atoms with van der Waals surface area (Å²) in [5.74, 6) is 2.18. The van der Waals surface area contributed by atoms with Gasteiger partial charge in [0.2, 0.25) is 11.9 Å². The predicted octanol–water partition coefficient (Wildman–Crippen LogP) is 4.11. The minimum absolute atomic E-state index is 0.341. The lowest BCUT2D eigenvalue weighted by atomic mass is 10.2. The average Bonchev–Trinajstić information content (AvgIpc) is 2.79. The van der Waals surface area contributed by atoms with E-state index in [1.165, 1.54) is 5.56 Å². The van der Waals surface area contributed by atoms with E-state index < -0.39 is 0 Å². The van der Waals surface area contributed by atoms with E-state index in [4.69, 9.17) is 21.7 Å². The first-order chi connectivity index (χ1) is 16.0. The minimum Gasteiger partial charge on any atom is -0.497 e. The van der Waals surface area contributed by atoms with Crippen molar-refractivity contribution in [3.05, 3.63) is 71.5 Å². The van der Waals surface area contributed by atoms with Crippen LogP contribution in [0, 0.1) is 13.8 Å². The molecular formula is C24H28N6O2S. The largest absolute Gasteiger partial charge is 0.497 e. The van der Waals surface area contributed by atoms with Gasteiger partial charge in [0.15, 0.2) is 5.11 Å². The van der Waals surface area contributed by atoms with Gasteiger partial charge in [-0.25, -0.2) is 9.97 Å². The molecule has 9 heteroatoms. The topological polar surface area (TPSA) is 92.7 Å². The highest BCUT2D eigenvalue weighted by Crippen LogP contribution is 2.28. The quantitative estimate of drug-likeness (QED) is 0.273. The maximum Gasteiger partial charge on any atom is 0.229 e. The number of aryl methyl sites for hydroxylation is 2. The minimum atomic E-state index is 0.341. The molecular weight excluding hydrogens is 436 g/mol. The van der Waals surface area contributed by atoms with E-state index in [1.54, 1.807) is 20.3 Å². The molecule has 0 spiro atoms. The summed E-state index contributed by atoms with van der Waals surface area (Å²) in [5, 5.41) is 9.74. The molecule has 3 N–H and O–H groups in total. The maximum absolute atomic E-state index is 5.52. The number of hydrogen-bond acceptors (Lipinski definition) is 6. The summed E-state index contributed by atoms with van der Waals surface area (Å²) in [6.07, 6.45) is 0.786. The Morgan fingerprint density at radius 3 is 2.33 bits per heavy atom. The van der Waals surface area contributed by atoms with Crippen molar-refractivity contribution in [3.8, 4) is 11.5 Å². The zero-order chi connectivity index (χ0) is 23.6. The number of ether oxygens (including phenoxy) is 2. The maximum atomic E-state index is 5.52. The normalized spacial score (nSPS) is 11.0. The lowest BCUT2D eigenvalue weighted by Gasteiger charge is -2.16. The number of benzene rings is 2. The van der Waals surface area contributed by atoms with E-state index >= 15 is 0 Å². The number of rotatable bonds is 7. The van der Waals surface area contributed by atoms with Crippen LogP contribution in [0.4, 0.5) is 11.6 Å². The number of aromatic nitrogens is 2. The van der Waals surface area contributed by atoms with Crippen LogP contribution in [0.5, 0.6) is 11.5 Å². The molecule has 0 saturated heterocycles. The molecule has 0 amide bonds. The standard InChI is InChI=1S/C24H28N6O2S/c1-16-14-17(2)27-23(26-16)29-22(25-13-12-18-8-6-5-7-9-18)30-24(33)28-20-11-10-19(31-3)15-21(20)32-4/h5-11,14-15H,12-13H2,1-4H3,(H3,25,26,27,28,29,30,33). The van der Waals surface area contributed by atoms with Crippen LogP contribution in [0.25, 0.3) is 0 Å². The molecule has 8 nitrogen and oxygen atoms in total. The summed E-state index contributed by atoms with van der Waals surface area (Å²) in [4.78, 5) is 13.5. The lowest BCUT2D eigenvalue weighted by molar-refractivity contribution is 0.395. The number of hydrogen-bond donors (Lipinski definition) is 3. The van der Waals surface area contributed by atoms with Crippen molar-refractivity contribution in [1.82, 2.24) is 15.3 Å². The van der Waals surface area contributed by atoms with Crippen LogP contribution in [0.1, 0.15) is 17.0 Å². The van der Waals surface area contributed by atoms with Gasteiger partial charge in [0, 0.05) is 24.0 Å². The van der Waals surface area contributed by atoms with E-state index in [0.717, 1.165) is 17.8 Å². The summed E-state index contributed by atoms with van der Waals surface area (Å²) < 4.78 is 10.7. The first-order valence-corrected chi connectivity index (χ1v) is 10.9. The van der Waals surface area contributed by atoms with Gasteiger partial charge in [-0.3, -0.25) is 10.3 Å². The highest BCUT2D eigenvalue weighted by atomic mass is 32.1. The molecule has 0 unspecified atom stereocenters. The van der Waals surface area contributed by atoms with E-state index in [2.05, 4.69) is 43.0 Å². The molecule has 0 aliphatic carbocycles. The van der Waals surface area contributed by atoms with Gasteiger partial charge in [-0.1, -0.05) is 30.3 Å². The van der Waals surface area contributed by atoms with Crippen LogP contribution < -0.4 is 25.4 Å². The summed E-state index contributed by atoms with van der Waals surface area (Å²) in [7, 11) is 3.19. The number of nitrogens with one attached hydrogen (secondary N) is 3. The molecule has 1 aromatic heterocycles. The third kappa shape index (κ3) is 7.43. The summed E-state index contributed by atoms with van der Waals surface area (Å²) in [5.41, 5.74) is 3.61. The third-order valence-electron chi connectivity index (χ3n) is 4.61. The second-order valence-electron chi connectivity index (χ2n) is 7.21. The van der Waals surface area contributed by atoms with Crippen molar-refractivity contribution in [2.75, 3.05) is 31.4 Å². The molecule has 3 rings (SSSR count). The monoisotopic (exact) mass is 464 g/mol. The summed E-state index contributed by atoms with van der Waals surface area (Å²) in [6.45, 7) is 4.39. The fourth-order valence-corrected chi connectivity index (χ4v) is 3.31. The van der Waals surface area contributed by atoms with Gasteiger partial charge in [0.05, 0.1) is 19.9 Å². The molecule has 0 atom stereocenters. The van der Waals surface area contributed by atoms with Crippen LogP contribution in [-0.2, 0) is 6.42 Å². The van der Waals surface area contributed by atoms with Crippen molar-refractivity contribution in [3.63, 3.8) is 0 Å². The highest BCUT2D eigenvalue weighted by Gasteiger charge is 2.10. The Morgan fingerprint density at radius 2 is 1.67 bits per heavy atom. The average molecular weight is 465 g/mol. The first-order valence-electron chi connectivity index (χ1n) is 10.4. The van der Waals surface area contributed by atoms with Crippen molar-refractivity contribution in [1.29, 1.82) is 0 Å². The van der Waals surface area contributed by atoms with Gasteiger partial charge >= 0.3 is 0 Å². The second kappa shape index (κ2) is 11.8. The van der Waals surface area contributed by atoms with Gasteiger partial charge < -0.3 is 20.1 Å². The Bertz CT molecular complexity index is 1100. The molecule has 0 fully saturated rings. The Kier molecular flexibility index (Phi) is 8.54. The van der Waals surface area contributed by atoms with Gasteiger partial charge in [-0.2, -0.15) is 0 Å². The molecule has 33 heavy (non-hydrogen) atoms. The second-order valence-corrected chi connectivity index (χ2v) is 7.62. The van der Waals surface area contributed by atoms with Crippen LogP contribution in [0.3, 0.4) is 0 Å². The lowest BCUT2D eigenvalue weighted by Crippen LogP contribution is -2.39. The Hall–Kier alpha value is -3.72. The number of methoxy groups -OCH3 is 2. The van der Waals surface area contributed by atoms with Crippen molar-refractivity contribution in [2.45, 2.75) is 20.3 Å². The van der Waals surface area contributed by atoms with Gasteiger partial charge in [0.25, 0.3) is 0 Å². The molecule has 0 radical (unpaired) electrons. The number of aliphatic imine (C=N–C) groups is 1. The van der Waals surface area contributed by atoms with Gasteiger partial charge in [-0.15, -0.1) is 0 Å². The van der Waals surface area contributed by atoms with Crippen molar-refractivity contribution < 1.29 is 9.47 Å².